The van der Waals surface area contributed by atoms with E-state index >= 15 is 0 Å². The highest BCUT2D eigenvalue weighted by Gasteiger charge is 2.18. The van der Waals surface area contributed by atoms with E-state index in [4.69, 9.17) is 4.74 Å². The van der Waals surface area contributed by atoms with Crippen LogP contribution in [0.1, 0.15) is 17.5 Å². The smallest absolute Gasteiger partial charge is 0.334 e. The van der Waals surface area contributed by atoms with Crippen molar-refractivity contribution in [2.24, 2.45) is 0 Å². The van der Waals surface area contributed by atoms with E-state index in [1.54, 1.807) is 6.92 Å². The number of benzene rings is 1. The van der Waals surface area contributed by atoms with Gasteiger partial charge in [0.15, 0.2) is 5.01 Å². The van der Waals surface area contributed by atoms with Crippen LogP contribution in [0.4, 0.5) is 0 Å². The molecule has 0 amide bonds. The predicted octanol–water partition coefficient (Wildman–Crippen LogP) is 5.49. The Balaban J connectivity index is 2.97. The molecule has 1 aromatic rings. The first-order chi connectivity index (χ1) is 7.84. The van der Waals surface area contributed by atoms with Gasteiger partial charge in [0.05, 0.1) is 0 Å². The molecule has 0 spiro atoms. The molecule has 0 saturated carbocycles. The van der Waals surface area contributed by atoms with Crippen LogP contribution in [0.25, 0.3) is 0 Å². The summed E-state index contributed by atoms with van der Waals surface area (Å²) in [5.41, 5.74) is 1.18. The summed E-state index contributed by atoms with van der Waals surface area (Å²) in [7, 11) is 0. The Labute approximate surface area is 133 Å². The van der Waals surface area contributed by atoms with Crippen LogP contribution in [-0.2, 0) is 9.53 Å². The van der Waals surface area contributed by atoms with Crippen LogP contribution in [0.3, 0.4) is 0 Å². The van der Waals surface area contributed by atoms with Gasteiger partial charge in [-0.2, -0.15) is 0 Å². The molecule has 0 aromatic heterocycles. The Morgan fingerprint density at radius 1 is 1.29 bits per heavy atom. The zero-order chi connectivity index (χ0) is 13.2. The largest absolute Gasteiger partial charge is 0.442 e. The van der Waals surface area contributed by atoms with Crippen molar-refractivity contribution >= 4 is 69.7 Å². The van der Waals surface area contributed by atoms with E-state index in [2.05, 4.69) is 70.3 Å². The van der Waals surface area contributed by atoms with Gasteiger partial charge in [0, 0.05) is 24.6 Å². The molecule has 0 aliphatic rings. The minimum atomic E-state index is -0.523. The highest BCUT2D eigenvalue weighted by atomic mass is 79.9. The van der Waals surface area contributed by atoms with Crippen molar-refractivity contribution in [3.63, 3.8) is 0 Å². The van der Waals surface area contributed by atoms with Gasteiger partial charge in [-0.1, -0.05) is 12.6 Å². The van der Waals surface area contributed by atoms with Gasteiger partial charge < -0.3 is 4.74 Å². The monoisotopic (exact) mass is 488 g/mol. The van der Waals surface area contributed by atoms with Gasteiger partial charge in [-0.25, -0.2) is 4.79 Å². The van der Waals surface area contributed by atoms with Crippen molar-refractivity contribution < 1.29 is 9.53 Å². The maximum atomic E-state index is 11.4. The molecule has 0 radical (unpaired) electrons. The third-order valence-electron chi connectivity index (χ3n) is 1.87. The van der Waals surface area contributed by atoms with Gasteiger partial charge in [0.25, 0.3) is 0 Å². The van der Waals surface area contributed by atoms with Crippen LogP contribution in [0.5, 0.6) is 0 Å². The van der Waals surface area contributed by atoms with E-state index in [0.717, 1.165) is 19.0 Å². The summed E-state index contributed by atoms with van der Waals surface area (Å²) < 4.78 is 7.79. The average molecular weight is 492 g/mol. The third-order valence-corrected chi connectivity index (χ3v) is 5.95. The van der Waals surface area contributed by atoms with Gasteiger partial charge in [-0.15, -0.1) is 0 Å². The van der Waals surface area contributed by atoms with Crippen LogP contribution in [0.2, 0.25) is 0 Å². The van der Waals surface area contributed by atoms with Crippen molar-refractivity contribution in [3.05, 3.63) is 43.3 Å². The maximum absolute atomic E-state index is 11.4. The van der Waals surface area contributed by atoms with Crippen LogP contribution in [-0.4, -0.2) is 5.97 Å². The SMILES string of the molecule is C=C(C)C(=O)OC(Br)c1ccc(Br)c(Br)c1Br. The van der Waals surface area contributed by atoms with Crippen molar-refractivity contribution in [2.75, 3.05) is 0 Å². The molecular formula is C11H8Br4O2. The van der Waals surface area contributed by atoms with Crippen molar-refractivity contribution in [1.82, 2.24) is 0 Å². The molecule has 1 rings (SSSR count). The van der Waals surface area contributed by atoms with E-state index in [1.807, 2.05) is 12.1 Å². The Kier molecular flexibility index (Phi) is 5.89. The Morgan fingerprint density at radius 3 is 2.41 bits per heavy atom. The predicted molar refractivity (Wildman–Crippen MR) is 82.1 cm³/mol. The first-order valence-corrected chi connectivity index (χ1v) is 7.78. The fourth-order valence-corrected chi connectivity index (χ4v) is 3.34. The number of hydrogen-bond acceptors (Lipinski definition) is 2. The Hall–Kier alpha value is 0.350. The number of ether oxygens (including phenoxy) is 1. The molecule has 1 aromatic carbocycles. The van der Waals surface area contributed by atoms with Gasteiger partial charge >= 0.3 is 5.97 Å². The molecule has 1 unspecified atom stereocenters. The molecule has 2 nitrogen and oxygen atoms in total. The fourth-order valence-electron chi connectivity index (χ4n) is 0.974. The molecule has 0 aliphatic heterocycles. The lowest BCUT2D eigenvalue weighted by atomic mass is 10.2. The van der Waals surface area contributed by atoms with Crippen molar-refractivity contribution in [2.45, 2.75) is 11.9 Å². The summed E-state index contributed by atoms with van der Waals surface area (Å²) in [6, 6.07) is 3.72. The Bertz CT molecular complexity index is 471. The molecule has 0 fully saturated rings. The zero-order valence-corrected chi connectivity index (χ0v) is 15.1. The number of hydrogen-bond donors (Lipinski definition) is 0. The van der Waals surface area contributed by atoms with Gasteiger partial charge in [0.1, 0.15) is 0 Å². The number of carbonyl (C=O) groups is 1. The second-order valence-electron chi connectivity index (χ2n) is 3.27. The van der Waals surface area contributed by atoms with E-state index < -0.39 is 11.0 Å². The first kappa shape index (κ1) is 15.4. The first-order valence-electron chi connectivity index (χ1n) is 4.48. The maximum Gasteiger partial charge on any atom is 0.334 e. The van der Waals surface area contributed by atoms with Gasteiger partial charge in [-0.05, 0) is 76.7 Å². The van der Waals surface area contributed by atoms with Crippen LogP contribution in [0, 0.1) is 0 Å². The minimum absolute atomic E-state index is 0.363. The fraction of sp³-hybridized carbons (Fsp3) is 0.182. The van der Waals surface area contributed by atoms with Crippen molar-refractivity contribution in [3.8, 4) is 0 Å². The van der Waals surface area contributed by atoms with E-state index in [1.165, 1.54) is 0 Å². The lowest BCUT2D eigenvalue weighted by Crippen LogP contribution is -2.07. The number of halogens is 4. The van der Waals surface area contributed by atoms with Crippen LogP contribution >= 0.6 is 63.7 Å². The molecule has 0 N–H and O–H groups in total. The quantitative estimate of drug-likeness (QED) is 0.242. The molecule has 6 heteroatoms. The van der Waals surface area contributed by atoms with Gasteiger partial charge in [-0.3, -0.25) is 0 Å². The lowest BCUT2D eigenvalue weighted by Gasteiger charge is -2.15. The zero-order valence-electron chi connectivity index (χ0n) is 8.77. The molecular weight excluding hydrogens is 484 g/mol. The second kappa shape index (κ2) is 6.50. The Morgan fingerprint density at radius 2 is 1.88 bits per heavy atom. The molecule has 1 atom stereocenters. The lowest BCUT2D eigenvalue weighted by molar-refractivity contribution is -0.140. The summed E-state index contributed by atoms with van der Waals surface area (Å²) in [4.78, 5) is 11.4. The number of alkyl halides is 1. The summed E-state index contributed by atoms with van der Waals surface area (Å²) in [5.74, 6) is -0.433. The molecule has 0 saturated heterocycles. The summed E-state index contributed by atoms with van der Waals surface area (Å²) in [6.45, 7) is 5.14. The topological polar surface area (TPSA) is 26.3 Å². The highest BCUT2D eigenvalue weighted by molar-refractivity contribution is 9.14. The second-order valence-corrected chi connectivity index (χ2v) is 6.54. The van der Waals surface area contributed by atoms with Crippen LogP contribution in [0.15, 0.2) is 37.7 Å². The van der Waals surface area contributed by atoms with Gasteiger partial charge in [0.2, 0.25) is 0 Å². The molecule has 0 bridgehead atoms. The van der Waals surface area contributed by atoms with Crippen LogP contribution < -0.4 is 0 Å². The van der Waals surface area contributed by atoms with Crippen molar-refractivity contribution in [1.29, 1.82) is 0 Å². The van der Waals surface area contributed by atoms with E-state index in [0.29, 0.717) is 5.57 Å². The molecule has 17 heavy (non-hydrogen) atoms. The molecule has 0 aliphatic carbocycles. The standard InChI is InChI=1S/C11H8Br4O2/c1-5(2)11(16)17-10(15)6-3-4-7(12)9(14)8(6)13/h3-4,10H,1H2,2H3. The number of rotatable bonds is 3. The van der Waals surface area contributed by atoms with E-state index in [-0.39, 0.29) is 0 Å². The minimum Gasteiger partial charge on any atom is -0.442 e. The summed E-state index contributed by atoms with van der Waals surface area (Å²) in [5, 5.41) is -0.523. The normalized spacial score (nSPS) is 12.1. The molecule has 92 valence electrons. The highest BCUT2D eigenvalue weighted by Crippen LogP contribution is 2.39. The number of carbonyl (C=O) groups excluding carboxylic acids is 1. The average Bonchev–Trinajstić information content (AvgIpc) is 2.25. The third kappa shape index (κ3) is 3.91. The summed E-state index contributed by atoms with van der Waals surface area (Å²) in [6.07, 6.45) is 0. The van der Waals surface area contributed by atoms with E-state index in [9.17, 15) is 4.79 Å². The molecule has 0 heterocycles. The number of esters is 1. The summed E-state index contributed by atoms with van der Waals surface area (Å²) >= 11 is 13.6.